The van der Waals surface area contributed by atoms with Crippen LogP contribution < -0.4 is 0 Å². The lowest BCUT2D eigenvalue weighted by atomic mass is 9.96. The summed E-state index contributed by atoms with van der Waals surface area (Å²) in [5.41, 5.74) is 0.337. The third kappa shape index (κ3) is 3.66. The van der Waals surface area contributed by atoms with Crippen molar-refractivity contribution in [1.82, 2.24) is 0 Å². The van der Waals surface area contributed by atoms with Crippen LogP contribution in [0.25, 0.3) is 0 Å². The maximum Gasteiger partial charge on any atom is 0.127 e. The predicted octanol–water partition coefficient (Wildman–Crippen LogP) is 3.05. The molecule has 2 nitrogen and oxygen atoms in total. The van der Waals surface area contributed by atoms with Gasteiger partial charge < -0.3 is 9.84 Å². The highest BCUT2D eigenvalue weighted by Crippen LogP contribution is 2.23. The normalized spacial score (nSPS) is 15.0. The fourth-order valence-electron chi connectivity index (χ4n) is 1.93. The Kier molecular flexibility index (Phi) is 5.37. The van der Waals surface area contributed by atoms with Crippen LogP contribution in [0.4, 0.5) is 4.39 Å². The van der Waals surface area contributed by atoms with Crippen molar-refractivity contribution in [3.8, 4) is 0 Å². The Hall–Kier alpha value is -0.640. The molecule has 0 heterocycles. The van der Waals surface area contributed by atoms with Crippen LogP contribution in [-0.4, -0.2) is 24.4 Å². The lowest BCUT2D eigenvalue weighted by Gasteiger charge is -2.25. The number of methoxy groups -OCH3 is 1. The van der Waals surface area contributed by atoms with Crippen molar-refractivity contribution < 1.29 is 14.2 Å². The molecule has 0 aliphatic rings. The summed E-state index contributed by atoms with van der Waals surface area (Å²) >= 11 is 5.91. The van der Waals surface area contributed by atoms with Gasteiger partial charge in [0, 0.05) is 24.1 Å². The average molecular weight is 261 g/mol. The van der Waals surface area contributed by atoms with E-state index in [1.807, 2.05) is 13.8 Å². The van der Waals surface area contributed by atoms with E-state index in [1.165, 1.54) is 13.2 Å². The van der Waals surface area contributed by atoms with E-state index in [9.17, 15) is 9.50 Å². The van der Waals surface area contributed by atoms with Crippen LogP contribution in [0.3, 0.4) is 0 Å². The number of hydrogen-bond acceptors (Lipinski definition) is 2. The van der Waals surface area contributed by atoms with Gasteiger partial charge in [0.15, 0.2) is 0 Å². The zero-order valence-electron chi connectivity index (χ0n) is 10.3. The molecule has 96 valence electrons. The molecule has 0 spiro atoms. The van der Waals surface area contributed by atoms with Crippen LogP contribution in [0.1, 0.15) is 19.4 Å². The first-order valence-electron chi connectivity index (χ1n) is 5.61. The minimum atomic E-state index is -0.769. The summed E-state index contributed by atoms with van der Waals surface area (Å²) in [4.78, 5) is 0. The summed E-state index contributed by atoms with van der Waals surface area (Å²) in [6.07, 6.45) is -0.942. The SMILES string of the molecule is COC(C(C)C)C(O)Cc1c(F)cccc1Cl. The second kappa shape index (κ2) is 6.34. The molecule has 0 aliphatic carbocycles. The number of aliphatic hydroxyl groups excluding tert-OH is 1. The van der Waals surface area contributed by atoms with E-state index in [-0.39, 0.29) is 18.4 Å². The van der Waals surface area contributed by atoms with Crippen LogP contribution in [-0.2, 0) is 11.2 Å². The van der Waals surface area contributed by atoms with Gasteiger partial charge >= 0.3 is 0 Å². The van der Waals surface area contributed by atoms with E-state index >= 15 is 0 Å². The van der Waals surface area contributed by atoms with Crippen molar-refractivity contribution in [2.75, 3.05) is 7.11 Å². The summed E-state index contributed by atoms with van der Waals surface area (Å²) in [6, 6.07) is 4.50. The maximum absolute atomic E-state index is 13.5. The van der Waals surface area contributed by atoms with Crippen molar-refractivity contribution in [3.63, 3.8) is 0 Å². The Morgan fingerprint density at radius 3 is 2.53 bits per heavy atom. The first-order valence-corrected chi connectivity index (χ1v) is 5.99. The molecule has 1 N–H and O–H groups in total. The summed E-state index contributed by atoms with van der Waals surface area (Å²) in [6.45, 7) is 3.89. The van der Waals surface area contributed by atoms with E-state index in [0.29, 0.717) is 10.6 Å². The third-order valence-electron chi connectivity index (χ3n) is 2.78. The van der Waals surface area contributed by atoms with Gasteiger partial charge in [0.1, 0.15) is 5.82 Å². The van der Waals surface area contributed by atoms with Crippen LogP contribution in [0.2, 0.25) is 5.02 Å². The summed E-state index contributed by atoms with van der Waals surface area (Å²) in [5, 5.41) is 10.4. The number of halogens is 2. The molecular formula is C13H18ClFO2. The first kappa shape index (κ1) is 14.4. The van der Waals surface area contributed by atoms with Gasteiger partial charge in [0.05, 0.1) is 12.2 Å². The second-order valence-corrected chi connectivity index (χ2v) is 4.82. The lowest BCUT2D eigenvalue weighted by molar-refractivity contribution is -0.0370. The van der Waals surface area contributed by atoms with Gasteiger partial charge in [0.25, 0.3) is 0 Å². The molecule has 17 heavy (non-hydrogen) atoms. The van der Waals surface area contributed by atoms with Gasteiger partial charge in [-0.05, 0) is 18.1 Å². The molecule has 1 aromatic rings. The largest absolute Gasteiger partial charge is 0.390 e. The number of benzene rings is 1. The molecule has 1 rings (SSSR count). The van der Waals surface area contributed by atoms with E-state index in [1.54, 1.807) is 12.1 Å². The first-order chi connectivity index (χ1) is 7.97. The van der Waals surface area contributed by atoms with Crippen molar-refractivity contribution in [2.45, 2.75) is 32.5 Å². The predicted molar refractivity (Wildman–Crippen MR) is 66.8 cm³/mol. The van der Waals surface area contributed by atoms with Gasteiger partial charge in [-0.25, -0.2) is 4.39 Å². The monoisotopic (exact) mass is 260 g/mol. The van der Waals surface area contributed by atoms with Gasteiger partial charge in [-0.15, -0.1) is 0 Å². The Labute approximate surface area is 106 Å². The highest BCUT2D eigenvalue weighted by molar-refractivity contribution is 6.31. The van der Waals surface area contributed by atoms with E-state index in [0.717, 1.165) is 0 Å². The minimum Gasteiger partial charge on any atom is -0.390 e. The van der Waals surface area contributed by atoms with Gasteiger partial charge in [-0.1, -0.05) is 31.5 Å². The molecule has 0 aliphatic heterocycles. The number of ether oxygens (including phenoxy) is 1. The van der Waals surface area contributed by atoms with Gasteiger partial charge in [0.2, 0.25) is 0 Å². The van der Waals surface area contributed by atoms with Crippen molar-refractivity contribution in [1.29, 1.82) is 0 Å². The van der Waals surface area contributed by atoms with Gasteiger partial charge in [-0.3, -0.25) is 0 Å². The quantitative estimate of drug-likeness (QED) is 0.882. The van der Waals surface area contributed by atoms with Gasteiger partial charge in [-0.2, -0.15) is 0 Å². The molecule has 0 bridgehead atoms. The highest BCUT2D eigenvalue weighted by atomic mass is 35.5. The maximum atomic E-state index is 13.5. The summed E-state index contributed by atoms with van der Waals surface area (Å²) < 4.78 is 18.8. The van der Waals surface area contributed by atoms with Crippen molar-refractivity contribution in [3.05, 3.63) is 34.6 Å². The second-order valence-electron chi connectivity index (χ2n) is 4.42. The Morgan fingerprint density at radius 1 is 1.41 bits per heavy atom. The molecule has 0 radical (unpaired) electrons. The molecule has 0 saturated heterocycles. The molecule has 2 atom stereocenters. The molecule has 0 saturated carbocycles. The molecule has 2 unspecified atom stereocenters. The Morgan fingerprint density at radius 2 is 2.06 bits per heavy atom. The smallest absolute Gasteiger partial charge is 0.127 e. The third-order valence-corrected chi connectivity index (χ3v) is 3.14. The van der Waals surface area contributed by atoms with E-state index < -0.39 is 11.9 Å². The number of rotatable bonds is 5. The Bertz CT molecular complexity index is 348. The van der Waals surface area contributed by atoms with E-state index in [2.05, 4.69) is 0 Å². The standard InChI is InChI=1S/C13H18ClFO2/c1-8(2)13(17-3)12(16)7-9-10(14)5-4-6-11(9)15/h4-6,8,12-13,16H,7H2,1-3H3. The van der Waals surface area contributed by atoms with Crippen LogP contribution in [0, 0.1) is 11.7 Å². The fraction of sp³-hybridized carbons (Fsp3) is 0.538. The topological polar surface area (TPSA) is 29.5 Å². The molecule has 4 heteroatoms. The number of hydrogen-bond donors (Lipinski definition) is 1. The highest BCUT2D eigenvalue weighted by Gasteiger charge is 2.24. The van der Waals surface area contributed by atoms with Crippen LogP contribution >= 0.6 is 11.6 Å². The summed E-state index contributed by atoms with van der Waals surface area (Å²) in [5.74, 6) is -0.240. The van der Waals surface area contributed by atoms with Crippen molar-refractivity contribution >= 4 is 11.6 Å². The summed E-state index contributed by atoms with van der Waals surface area (Å²) in [7, 11) is 1.54. The van der Waals surface area contributed by atoms with Crippen LogP contribution in [0.15, 0.2) is 18.2 Å². The molecule has 0 amide bonds. The average Bonchev–Trinajstić information content (AvgIpc) is 2.24. The number of aliphatic hydroxyl groups is 1. The molecular weight excluding hydrogens is 243 g/mol. The molecule has 0 aromatic heterocycles. The zero-order chi connectivity index (χ0) is 13.0. The molecule has 0 fully saturated rings. The van der Waals surface area contributed by atoms with Crippen LogP contribution in [0.5, 0.6) is 0 Å². The Balaban J connectivity index is 2.83. The molecule has 1 aromatic carbocycles. The van der Waals surface area contributed by atoms with E-state index in [4.69, 9.17) is 16.3 Å². The van der Waals surface area contributed by atoms with Crippen molar-refractivity contribution in [2.24, 2.45) is 5.92 Å². The minimum absolute atomic E-state index is 0.153. The fourth-order valence-corrected chi connectivity index (χ4v) is 2.17. The lowest BCUT2D eigenvalue weighted by Crippen LogP contribution is -2.34. The zero-order valence-corrected chi connectivity index (χ0v) is 11.0.